The Morgan fingerprint density at radius 2 is 1.79 bits per heavy atom. The molecule has 4 aliphatic carbocycles. The highest BCUT2D eigenvalue weighted by Crippen LogP contribution is 2.68. The van der Waals surface area contributed by atoms with E-state index in [9.17, 15) is 14.9 Å². The van der Waals surface area contributed by atoms with E-state index in [2.05, 4.69) is 34.6 Å². The zero-order valence-corrected chi connectivity index (χ0v) is 22.4. The Hall–Kier alpha value is -1.39. The lowest BCUT2D eigenvalue weighted by Gasteiger charge is -2.58. The molecule has 3 saturated carbocycles. The second kappa shape index (κ2) is 9.58. The third kappa shape index (κ3) is 4.46. The summed E-state index contributed by atoms with van der Waals surface area (Å²) in [5, 5.41) is 12.3. The lowest BCUT2D eigenvalue weighted by atomic mass is 9.46. The number of nitro groups is 1. The molecular weight excluding hydrogens is 426 g/mol. The molecule has 192 valence electrons. The van der Waals surface area contributed by atoms with Crippen LogP contribution in [0.2, 0.25) is 0 Å². The van der Waals surface area contributed by atoms with Crippen LogP contribution in [0.1, 0.15) is 112 Å². The van der Waals surface area contributed by atoms with Crippen molar-refractivity contribution < 1.29 is 14.5 Å². The molecule has 0 spiro atoms. The Labute approximate surface area is 206 Å². The highest BCUT2D eigenvalue weighted by molar-refractivity contribution is 5.66. The van der Waals surface area contributed by atoms with Crippen molar-refractivity contribution in [1.82, 2.24) is 0 Å². The first-order chi connectivity index (χ1) is 16.0. The maximum absolute atomic E-state index is 12.3. The summed E-state index contributed by atoms with van der Waals surface area (Å²) in [4.78, 5) is 23.8. The van der Waals surface area contributed by atoms with Gasteiger partial charge in [-0.3, -0.25) is 14.9 Å². The molecule has 0 aromatic rings. The summed E-state index contributed by atoms with van der Waals surface area (Å²) < 4.78 is 5.53. The number of rotatable bonds is 7. The number of hydrogen-bond donors (Lipinski definition) is 0. The van der Waals surface area contributed by atoms with Crippen LogP contribution in [0.15, 0.2) is 11.3 Å². The summed E-state index contributed by atoms with van der Waals surface area (Å²) in [6.07, 6.45) is 11.6. The summed E-state index contributed by atoms with van der Waals surface area (Å²) in [6, 6.07) is 0. The summed E-state index contributed by atoms with van der Waals surface area (Å²) in [7, 11) is 0. The van der Waals surface area contributed by atoms with Gasteiger partial charge in [0, 0.05) is 25.3 Å². The van der Waals surface area contributed by atoms with Crippen molar-refractivity contribution in [3.8, 4) is 0 Å². The average molecular weight is 474 g/mol. The number of hydrogen-bond acceptors (Lipinski definition) is 4. The Bertz CT molecular complexity index is 834. The molecule has 0 bridgehead atoms. The van der Waals surface area contributed by atoms with E-state index < -0.39 is 0 Å². The van der Waals surface area contributed by atoms with Crippen LogP contribution in [0.25, 0.3) is 0 Å². The van der Waals surface area contributed by atoms with Gasteiger partial charge >= 0.3 is 5.97 Å². The van der Waals surface area contributed by atoms with Crippen molar-refractivity contribution in [3.05, 3.63) is 21.4 Å². The molecule has 4 rings (SSSR count). The smallest absolute Gasteiger partial charge is 0.302 e. The number of carbonyl (C=O) groups excluding carboxylic acids is 1. The van der Waals surface area contributed by atoms with E-state index in [0.717, 1.165) is 36.2 Å². The molecule has 8 atom stereocenters. The van der Waals surface area contributed by atoms with Crippen LogP contribution in [0.5, 0.6) is 0 Å². The third-order valence-electron chi connectivity index (χ3n) is 10.9. The number of carbonyl (C=O) groups is 1. The Balaban J connectivity index is 1.58. The van der Waals surface area contributed by atoms with Crippen molar-refractivity contribution in [1.29, 1.82) is 0 Å². The van der Waals surface area contributed by atoms with Crippen molar-refractivity contribution in [2.75, 3.05) is 0 Å². The monoisotopic (exact) mass is 473 g/mol. The summed E-state index contributed by atoms with van der Waals surface area (Å²) in [5.41, 5.74) is 1.66. The molecule has 0 amide bonds. The molecule has 0 heterocycles. The molecule has 0 radical (unpaired) electrons. The summed E-state index contributed by atoms with van der Waals surface area (Å²) >= 11 is 0. The molecule has 0 aliphatic heterocycles. The van der Waals surface area contributed by atoms with E-state index >= 15 is 0 Å². The lowest BCUT2D eigenvalue weighted by molar-refractivity contribution is -0.434. The van der Waals surface area contributed by atoms with Gasteiger partial charge in [-0.25, -0.2) is 0 Å². The first-order valence-electron chi connectivity index (χ1n) is 14.0. The van der Waals surface area contributed by atoms with Crippen molar-refractivity contribution >= 4 is 5.97 Å². The van der Waals surface area contributed by atoms with Gasteiger partial charge in [-0.15, -0.1) is 0 Å². The summed E-state index contributed by atoms with van der Waals surface area (Å²) in [5.74, 6) is 3.53. The number of esters is 1. The minimum atomic E-state index is -0.279. The quantitative estimate of drug-likeness (QED) is 0.217. The number of fused-ring (bicyclic) bond motifs is 5. The van der Waals surface area contributed by atoms with Crippen LogP contribution >= 0.6 is 0 Å². The van der Waals surface area contributed by atoms with Crippen LogP contribution in [0, 0.1) is 56.5 Å². The van der Waals surface area contributed by atoms with Gasteiger partial charge in [0.05, 0.1) is 4.92 Å². The number of nitrogens with zero attached hydrogens (tertiary/aromatic N) is 1. The van der Waals surface area contributed by atoms with E-state index in [1.165, 1.54) is 51.9 Å². The van der Waals surface area contributed by atoms with Gasteiger partial charge in [0.15, 0.2) is 0 Å². The van der Waals surface area contributed by atoms with Gasteiger partial charge in [-0.2, -0.15) is 0 Å². The molecule has 0 aromatic heterocycles. The average Bonchev–Trinajstić information content (AvgIpc) is 3.10. The summed E-state index contributed by atoms with van der Waals surface area (Å²) in [6.45, 7) is 13.4. The standard InChI is InChI=1S/C29H47NO4/c1-18(2)8-7-9-19(3)23-10-11-24-22-17-27(30(32)33)26-16-21(34-20(4)31)12-14-29(26,6)25(22)13-15-28(23,24)5/h18-19,21-25H,7-17H2,1-6H3/t19-,21-,22+,23+,24-,25+,28-,29-/m1/s1. The lowest BCUT2D eigenvalue weighted by Crippen LogP contribution is -2.52. The first kappa shape index (κ1) is 25.7. The van der Waals surface area contributed by atoms with E-state index in [0.29, 0.717) is 41.7 Å². The van der Waals surface area contributed by atoms with Crippen LogP contribution in [0.3, 0.4) is 0 Å². The predicted octanol–water partition coefficient (Wildman–Crippen LogP) is 7.56. The predicted molar refractivity (Wildman–Crippen MR) is 135 cm³/mol. The maximum Gasteiger partial charge on any atom is 0.302 e. The maximum atomic E-state index is 12.3. The van der Waals surface area contributed by atoms with E-state index in [1.54, 1.807) is 0 Å². The van der Waals surface area contributed by atoms with E-state index in [-0.39, 0.29) is 22.4 Å². The highest BCUT2D eigenvalue weighted by atomic mass is 16.6. The molecule has 0 saturated heterocycles. The van der Waals surface area contributed by atoms with Crippen LogP contribution < -0.4 is 0 Å². The topological polar surface area (TPSA) is 69.4 Å². The largest absolute Gasteiger partial charge is 0.462 e. The zero-order valence-electron chi connectivity index (χ0n) is 22.4. The SMILES string of the molecule is CC(=O)O[C@@H]1CC[C@@]2(C)C(=C([N+](=O)[O-])C[C@H]3[C@H]4CC[C@@H]([C@H](C)CCCC(C)C)[C@@]4(C)CC[C@@H]32)C1. The normalized spacial score (nSPS) is 40.4. The molecular formula is C29H47NO4. The van der Waals surface area contributed by atoms with E-state index in [1.807, 2.05) is 0 Å². The molecule has 3 fully saturated rings. The van der Waals surface area contributed by atoms with Gasteiger partial charge in [0.25, 0.3) is 0 Å². The van der Waals surface area contributed by atoms with Gasteiger partial charge in [0.2, 0.25) is 5.70 Å². The van der Waals surface area contributed by atoms with Gasteiger partial charge in [-0.05, 0) is 84.9 Å². The van der Waals surface area contributed by atoms with Gasteiger partial charge in [0.1, 0.15) is 6.10 Å². The van der Waals surface area contributed by atoms with Crippen LogP contribution in [0.4, 0.5) is 0 Å². The fourth-order valence-electron chi connectivity index (χ4n) is 9.29. The second-order valence-corrected chi connectivity index (χ2v) is 13.2. The Kier molecular flexibility index (Phi) is 7.24. The molecule has 5 heteroatoms. The van der Waals surface area contributed by atoms with Crippen LogP contribution in [-0.4, -0.2) is 17.0 Å². The van der Waals surface area contributed by atoms with Crippen LogP contribution in [-0.2, 0) is 9.53 Å². The zero-order chi connectivity index (χ0) is 24.8. The minimum absolute atomic E-state index is 0.0904. The Morgan fingerprint density at radius 1 is 1.06 bits per heavy atom. The molecule has 5 nitrogen and oxygen atoms in total. The molecule has 4 aliphatic rings. The minimum Gasteiger partial charge on any atom is -0.462 e. The van der Waals surface area contributed by atoms with Crippen molar-refractivity contribution in [2.45, 2.75) is 118 Å². The number of ether oxygens (including phenoxy) is 1. The number of allylic oxidation sites excluding steroid dienone is 1. The third-order valence-corrected chi connectivity index (χ3v) is 10.9. The molecule has 0 N–H and O–H groups in total. The van der Waals surface area contributed by atoms with Gasteiger partial charge in [-0.1, -0.05) is 53.9 Å². The molecule has 0 aromatic carbocycles. The first-order valence-corrected chi connectivity index (χ1v) is 14.0. The van der Waals surface area contributed by atoms with Gasteiger partial charge < -0.3 is 4.74 Å². The van der Waals surface area contributed by atoms with Crippen molar-refractivity contribution in [3.63, 3.8) is 0 Å². The Morgan fingerprint density at radius 3 is 2.44 bits per heavy atom. The highest BCUT2D eigenvalue weighted by Gasteiger charge is 2.61. The fraction of sp³-hybridized carbons (Fsp3) is 0.897. The second-order valence-electron chi connectivity index (χ2n) is 13.2. The molecule has 0 unspecified atom stereocenters. The fourth-order valence-corrected chi connectivity index (χ4v) is 9.29. The molecule has 34 heavy (non-hydrogen) atoms. The van der Waals surface area contributed by atoms with Crippen molar-refractivity contribution in [2.24, 2.45) is 46.3 Å². The van der Waals surface area contributed by atoms with E-state index in [4.69, 9.17) is 4.74 Å².